The number of amides is 1. The second-order valence-corrected chi connectivity index (χ2v) is 9.47. The van der Waals surface area contributed by atoms with E-state index in [1.807, 2.05) is 47.8 Å². The molecule has 1 aromatic heterocycles. The molecule has 1 atom stereocenters. The lowest BCUT2D eigenvalue weighted by atomic mass is 10.1. The first kappa shape index (κ1) is 19.6. The molecule has 3 aromatic rings. The summed E-state index contributed by atoms with van der Waals surface area (Å²) in [5.41, 5.74) is 0.953. The van der Waals surface area contributed by atoms with Gasteiger partial charge in [-0.05, 0) is 41.3 Å². The Kier molecular flexibility index (Phi) is 6.31. The minimum atomic E-state index is -3.54. The molecule has 0 aliphatic carbocycles. The van der Waals surface area contributed by atoms with Crippen LogP contribution >= 0.6 is 22.9 Å². The molecule has 1 heterocycles. The fourth-order valence-electron chi connectivity index (χ4n) is 2.64. The first-order valence-electron chi connectivity index (χ1n) is 8.32. The van der Waals surface area contributed by atoms with Crippen LogP contribution in [0.1, 0.15) is 22.9 Å². The summed E-state index contributed by atoms with van der Waals surface area (Å²) in [4.78, 5) is 13.6. The standard InChI is InChI=1S/C20H18ClNO3S2/c21-16-8-10-17(11-9-16)27(24,25)14-12-19(23)22-20(18-7-4-13-26-18)15-5-2-1-3-6-15/h1-11,13,20H,12,14H2,(H,22,23). The predicted octanol–water partition coefficient (Wildman–Crippen LogP) is 4.47. The van der Waals surface area contributed by atoms with Crippen molar-refractivity contribution in [3.8, 4) is 0 Å². The molecule has 1 amide bonds. The molecule has 1 N–H and O–H groups in total. The summed E-state index contributed by atoms with van der Waals surface area (Å²) in [7, 11) is -3.54. The van der Waals surface area contributed by atoms with Crippen molar-refractivity contribution in [1.82, 2.24) is 5.32 Å². The van der Waals surface area contributed by atoms with Crippen molar-refractivity contribution in [2.24, 2.45) is 0 Å². The second kappa shape index (κ2) is 8.69. The Bertz CT molecular complexity index is 985. The van der Waals surface area contributed by atoms with Gasteiger partial charge >= 0.3 is 0 Å². The Morgan fingerprint density at radius 1 is 1.00 bits per heavy atom. The van der Waals surface area contributed by atoms with Gasteiger partial charge in [-0.15, -0.1) is 11.3 Å². The Balaban J connectivity index is 1.69. The number of hydrogen-bond donors (Lipinski definition) is 1. The topological polar surface area (TPSA) is 63.2 Å². The number of hydrogen-bond acceptors (Lipinski definition) is 4. The number of nitrogens with one attached hydrogen (secondary N) is 1. The van der Waals surface area contributed by atoms with E-state index in [1.54, 1.807) is 11.3 Å². The molecule has 0 aliphatic rings. The van der Waals surface area contributed by atoms with Crippen molar-refractivity contribution in [3.63, 3.8) is 0 Å². The van der Waals surface area contributed by atoms with Gasteiger partial charge in [-0.2, -0.15) is 0 Å². The fourth-order valence-corrected chi connectivity index (χ4v) is 4.81. The largest absolute Gasteiger partial charge is 0.344 e. The minimum Gasteiger partial charge on any atom is -0.344 e. The molecular weight excluding hydrogens is 402 g/mol. The van der Waals surface area contributed by atoms with E-state index in [-0.39, 0.29) is 29.0 Å². The van der Waals surface area contributed by atoms with Crippen LogP contribution in [0.4, 0.5) is 0 Å². The summed E-state index contributed by atoms with van der Waals surface area (Å²) in [6.45, 7) is 0. The molecule has 27 heavy (non-hydrogen) atoms. The van der Waals surface area contributed by atoms with Crippen molar-refractivity contribution < 1.29 is 13.2 Å². The highest BCUT2D eigenvalue weighted by Gasteiger charge is 2.20. The van der Waals surface area contributed by atoms with Gasteiger partial charge in [0.15, 0.2) is 9.84 Å². The van der Waals surface area contributed by atoms with Gasteiger partial charge in [0.25, 0.3) is 0 Å². The number of benzene rings is 2. The molecule has 7 heteroatoms. The lowest BCUT2D eigenvalue weighted by Gasteiger charge is -2.18. The van der Waals surface area contributed by atoms with Crippen LogP contribution in [0.25, 0.3) is 0 Å². The van der Waals surface area contributed by atoms with Crippen LogP contribution in [0.2, 0.25) is 5.02 Å². The molecule has 0 saturated heterocycles. The molecule has 0 aliphatic heterocycles. The van der Waals surface area contributed by atoms with E-state index in [1.165, 1.54) is 24.3 Å². The zero-order valence-electron chi connectivity index (χ0n) is 14.3. The number of carbonyl (C=O) groups excluding carboxylic acids is 1. The van der Waals surface area contributed by atoms with Crippen molar-refractivity contribution >= 4 is 38.7 Å². The summed E-state index contributed by atoms with van der Waals surface area (Å²) >= 11 is 7.34. The summed E-state index contributed by atoms with van der Waals surface area (Å²) in [5.74, 6) is -0.568. The first-order valence-corrected chi connectivity index (χ1v) is 11.2. The van der Waals surface area contributed by atoms with E-state index < -0.39 is 9.84 Å². The van der Waals surface area contributed by atoms with E-state index >= 15 is 0 Å². The van der Waals surface area contributed by atoms with Gasteiger partial charge < -0.3 is 5.32 Å². The zero-order chi connectivity index (χ0) is 19.3. The molecule has 0 radical (unpaired) electrons. The Morgan fingerprint density at radius 2 is 1.70 bits per heavy atom. The smallest absolute Gasteiger partial charge is 0.221 e. The van der Waals surface area contributed by atoms with E-state index in [0.29, 0.717) is 5.02 Å². The zero-order valence-corrected chi connectivity index (χ0v) is 16.7. The van der Waals surface area contributed by atoms with Crippen LogP contribution < -0.4 is 5.32 Å². The third kappa shape index (κ3) is 5.19. The molecule has 0 bridgehead atoms. The lowest BCUT2D eigenvalue weighted by Crippen LogP contribution is -2.30. The average Bonchev–Trinajstić information content (AvgIpc) is 3.20. The maximum Gasteiger partial charge on any atom is 0.221 e. The molecule has 3 rings (SSSR count). The van der Waals surface area contributed by atoms with Gasteiger partial charge in [0.2, 0.25) is 5.91 Å². The van der Waals surface area contributed by atoms with Crippen LogP contribution in [-0.2, 0) is 14.6 Å². The fraction of sp³-hybridized carbons (Fsp3) is 0.150. The molecule has 4 nitrogen and oxygen atoms in total. The SMILES string of the molecule is O=C(CCS(=O)(=O)c1ccc(Cl)cc1)NC(c1ccccc1)c1cccs1. The first-order chi connectivity index (χ1) is 13.0. The van der Waals surface area contributed by atoms with E-state index in [9.17, 15) is 13.2 Å². The highest BCUT2D eigenvalue weighted by Crippen LogP contribution is 2.26. The Hall–Kier alpha value is -2.15. The summed E-state index contributed by atoms with van der Waals surface area (Å²) in [5, 5.41) is 5.37. The predicted molar refractivity (Wildman–Crippen MR) is 109 cm³/mol. The average molecular weight is 420 g/mol. The van der Waals surface area contributed by atoms with E-state index in [2.05, 4.69) is 5.32 Å². The number of rotatable bonds is 7. The highest BCUT2D eigenvalue weighted by atomic mass is 35.5. The molecule has 0 saturated carbocycles. The molecular formula is C20H18ClNO3S2. The van der Waals surface area contributed by atoms with Crippen molar-refractivity contribution in [2.45, 2.75) is 17.4 Å². The van der Waals surface area contributed by atoms with Crippen LogP contribution in [0.5, 0.6) is 0 Å². The normalized spacial score (nSPS) is 12.5. The van der Waals surface area contributed by atoms with Crippen LogP contribution in [0, 0.1) is 0 Å². The van der Waals surface area contributed by atoms with Crippen LogP contribution in [0.15, 0.2) is 77.0 Å². The van der Waals surface area contributed by atoms with Gasteiger partial charge in [-0.3, -0.25) is 4.79 Å². The third-order valence-electron chi connectivity index (χ3n) is 4.04. The quantitative estimate of drug-likeness (QED) is 0.614. The summed E-state index contributed by atoms with van der Waals surface area (Å²) < 4.78 is 24.8. The van der Waals surface area contributed by atoms with Gasteiger partial charge in [0, 0.05) is 16.3 Å². The molecule has 0 fully saturated rings. The molecule has 140 valence electrons. The second-order valence-electron chi connectivity index (χ2n) is 5.95. The maximum absolute atomic E-state index is 12.5. The van der Waals surface area contributed by atoms with Crippen LogP contribution in [0.3, 0.4) is 0 Å². The van der Waals surface area contributed by atoms with Gasteiger partial charge in [0.05, 0.1) is 16.7 Å². The minimum absolute atomic E-state index is 0.111. The van der Waals surface area contributed by atoms with Crippen LogP contribution in [-0.4, -0.2) is 20.1 Å². The molecule has 0 spiro atoms. The van der Waals surface area contributed by atoms with Gasteiger partial charge in [-0.1, -0.05) is 48.0 Å². The van der Waals surface area contributed by atoms with Gasteiger partial charge in [-0.25, -0.2) is 8.42 Å². The van der Waals surface area contributed by atoms with Crippen molar-refractivity contribution in [2.75, 3.05) is 5.75 Å². The molecule has 2 aromatic carbocycles. The third-order valence-corrected chi connectivity index (χ3v) is 6.96. The van der Waals surface area contributed by atoms with E-state index in [0.717, 1.165) is 10.4 Å². The van der Waals surface area contributed by atoms with E-state index in [4.69, 9.17) is 11.6 Å². The highest BCUT2D eigenvalue weighted by molar-refractivity contribution is 7.91. The maximum atomic E-state index is 12.5. The number of thiophene rings is 1. The van der Waals surface area contributed by atoms with Crippen molar-refractivity contribution in [3.05, 3.63) is 87.6 Å². The molecule has 1 unspecified atom stereocenters. The Morgan fingerprint density at radius 3 is 2.33 bits per heavy atom. The monoisotopic (exact) mass is 419 g/mol. The van der Waals surface area contributed by atoms with Crippen molar-refractivity contribution in [1.29, 1.82) is 0 Å². The Labute approximate surface area is 167 Å². The van der Waals surface area contributed by atoms with Gasteiger partial charge in [0.1, 0.15) is 0 Å². The number of carbonyl (C=O) groups is 1. The number of sulfone groups is 1. The lowest BCUT2D eigenvalue weighted by molar-refractivity contribution is -0.121. The summed E-state index contributed by atoms with van der Waals surface area (Å²) in [6, 6.07) is 19.1. The summed E-state index contributed by atoms with van der Waals surface area (Å²) in [6.07, 6.45) is -0.111. The number of halogens is 1.